The fraction of sp³-hybridized carbons (Fsp3) is 0.133. The van der Waals surface area contributed by atoms with Gasteiger partial charge in [0.1, 0.15) is 5.75 Å². The van der Waals surface area contributed by atoms with Crippen molar-refractivity contribution in [3.63, 3.8) is 0 Å². The molecule has 0 saturated heterocycles. The highest BCUT2D eigenvalue weighted by atomic mass is 16.5. The summed E-state index contributed by atoms with van der Waals surface area (Å²) in [5, 5.41) is 3.24. The molecule has 104 valence electrons. The number of ether oxygens (including phenoxy) is 1. The second-order valence-corrected chi connectivity index (χ2v) is 4.37. The summed E-state index contributed by atoms with van der Waals surface area (Å²) in [5.74, 6) is 0.342. The van der Waals surface area contributed by atoms with Crippen LogP contribution in [0.5, 0.6) is 5.75 Å². The Morgan fingerprint density at radius 3 is 2.50 bits per heavy atom. The maximum absolute atomic E-state index is 11.0. The lowest BCUT2D eigenvalue weighted by atomic mass is 10.1. The predicted molar refractivity (Wildman–Crippen MR) is 79.7 cm³/mol. The van der Waals surface area contributed by atoms with E-state index in [0.29, 0.717) is 17.8 Å². The van der Waals surface area contributed by atoms with Gasteiger partial charge in [0.15, 0.2) is 0 Å². The van der Waals surface area contributed by atoms with Gasteiger partial charge in [-0.2, -0.15) is 0 Å². The van der Waals surface area contributed by atoms with Crippen LogP contribution in [0.2, 0.25) is 0 Å². The van der Waals surface area contributed by atoms with E-state index >= 15 is 0 Å². The number of carbonyl (C=O) groups excluding carboxylic acids is 1. The molecule has 2 aromatic rings. The molecule has 0 spiro atoms. The molecule has 5 nitrogen and oxygen atoms in total. The highest BCUT2D eigenvalue weighted by molar-refractivity contribution is 5.93. The summed E-state index contributed by atoms with van der Waals surface area (Å²) >= 11 is 0. The summed E-state index contributed by atoms with van der Waals surface area (Å²) in [5.41, 5.74) is 14.0. The third-order valence-electron chi connectivity index (χ3n) is 2.96. The molecule has 2 rings (SSSR count). The first-order chi connectivity index (χ1) is 9.60. The van der Waals surface area contributed by atoms with Crippen molar-refractivity contribution >= 4 is 17.3 Å². The third-order valence-corrected chi connectivity index (χ3v) is 2.96. The first-order valence-electron chi connectivity index (χ1n) is 6.16. The molecule has 0 saturated carbocycles. The third kappa shape index (κ3) is 3.20. The van der Waals surface area contributed by atoms with Crippen LogP contribution in [-0.4, -0.2) is 13.0 Å². The first kappa shape index (κ1) is 13.7. The highest BCUT2D eigenvalue weighted by Crippen LogP contribution is 2.22. The molecule has 2 aromatic carbocycles. The van der Waals surface area contributed by atoms with Crippen molar-refractivity contribution in [2.75, 3.05) is 18.2 Å². The van der Waals surface area contributed by atoms with Gasteiger partial charge >= 0.3 is 0 Å². The smallest absolute Gasteiger partial charge is 0.248 e. The molecule has 0 radical (unpaired) electrons. The van der Waals surface area contributed by atoms with Crippen LogP contribution >= 0.6 is 0 Å². The Morgan fingerprint density at radius 1 is 1.20 bits per heavy atom. The van der Waals surface area contributed by atoms with E-state index in [1.807, 2.05) is 12.1 Å². The highest BCUT2D eigenvalue weighted by Gasteiger charge is 2.04. The Balaban J connectivity index is 2.08. The number of carbonyl (C=O) groups is 1. The van der Waals surface area contributed by atoms with Gasteiger partial charge in [-0.15, -0.1) is 0 Å². The molecule has 1 amide bonds. The number of nitrogen functional groups attached to an aromatic ring is 1. The van der Waals surface area contributed by atoms with Gasteiger partial charge in [0, 0.05) is 29.0 Å². The molecule has 0 aliphatic rings. The van der Waals surface area contributed by atoms with Crippen LogP contribution in [0.1, 0.15) is 15.9 Å². The van der Waals surface area contributed by atoms with Gasteiger partial charge in [-0.3, -0.25) is 4.79 Å². The molecule has 0 heterocycles. The SMILES string of the molecule is COc1ccc(N)cc1CNc1ccc(C(N)=O)cc1. The van der Waals surface area contributed by atoms with Gasteiger partial charge in [-0.25, -0.2) is 0 Å². The molecule has 0 aliphatic carbocycles. The van der Waals surface area contributed by atoms with Gasteiger partial charge in [0.25, 0.3) is 0 Å². The zero-order valence-electron chi connectivity index (χ0n) is 11.2. The number of hydrogen-bond acceptors (Lipinski definition) is 4. The molecule has 0 fully saturated rings. The molecule has 5 heteroatoms. The normalized spacial score (nSPS) is 10.1. The van der Waals surface area contributed by atoms with E-state index < -0.39 is 5.91 Å². The zero-order valence-corrected chi connectivity index (χ0v) is 11.2. The number of nitrogens with one attached hydrogen (secondary N) is 1. The fourth-order valence-corrected chi connectivity index (χ4v) is 1.89. The number of methoxy groups -OCH3 is 1. The van der Waals surface area contributed by atoms with E-state index in [1.54, 1.807) is 37.4 Å². The quantitative estimate of drug-likeness (QED) is 0.725. The van der Waals surface area contributed by atoms with Crippen LogP contribution in [0, 0.1) is 0 Å². The average Bonchev–Trinajstić information content (AvgIpc) is 2.45. The molecule has 5 N–H and O–H groups in total. The number of nitrogens with two attached hydrogens (primary N) is 2. The van der Waals surface area contributed by atoms with Crippen LogP contribution in [0.15, 0.2) is 42.5 Å². The van der Waals surface area contributed by atoms with E-state index in [4.69, 9.17) is 16.2 Å². The van der Waals surface area contributed by atoms with E-state index in [1.165, 1.54) is 0 Å². The lowest BCUT2D eigenvalue weighted by Crippen LogP contribution is -2.10. The van der Waals surface area contributed by atoms with Gasteiger partial charge in [0.2, 0.25) is 5.91 Å². The molecular weight excluding hydrogens is 254 g/mol. The minimum absolute atomic E-state index is 0.436. The van der Waals surface area contributed by atoms with Gasteiger partial charge in [-0.05, 0) is 42.5 Å². The van der Waals surface area contributed by atoms with E-state index in [2.05, 4.69) is 5.32 Å². The maximum atomic E-state index is 11.0. The maximum Gasteiger partial charge on any atom is 0.248 e. The van der Waals surface area contributed by atoms with Gasteiger partial charge < -0.3 is 21.5 Å². The standard InChI is InChI=1S/C15H17N3O2/c1-20-14-7-4-12(16)8-11(14)9-18-13-5-2-10(3-6-13)15(17)19/h2-8,18H,9,16H2,1H3,(H2,17,19). The lowest BCUT2D eigenvalue weighted by molar-refractivity contribution is 0.100. The van der Waals surface area contributed by atoms with Crippen LogP contribution < -0.4 is 21.5 Å². The number of benzene rings is 2. The Bertz CT molecular complexity index is 609. The minimum atomic E-state index is -0.436. The Kier molecular flexibility index (Phi) is 4.10. The van der Waals surface area contributed by atoms with E-state index in [-0.39, 0.29) is 0 Å². The largest absolute Gasteiger partial charge is 0.496 e. The number of anilines is 2. The molecule has 0 aliphatic heterocycles. The van der Waals surface area contributed by atoms with Crippen molar-refractivity contribution in [1.82, 2.24) is 0 Å². The summed E-state index contributed by atoms with van der Waals surface area (Å²) in [7, 11) is 1.62. The summed E-state index contributed by atoms with van der Waals surface area (Å²) in [6, 6.07) is 12.5. The molecule has 0 unspecified atom stereocenters. The van der Waals surface area contributed by atoms with Gasteiger partial charge in [0.05, 0.1) is 7.11 Å². The van der Waals surface area contributed by atoms with E-state index in [9.17, 15) is 4.79 Å². The minimum Gasteiger partial charge on any atom is -0.496 e. The second-order valence-electron chi connectivity index (χ2n) is 4.37. The average molecular weight is 271 g/mol. The van der Waals surface area contributed by atoms with Crippen LogP contribution in [-0.2, 0) is 6.54 Å². The zero-order chi connectivity index (χ0) is 14.5. The molecule has 20 heavy (non-hydrogen) atoms. The Labute approximate surface area is 117 Å². The summed E-state index contributed by atoms with van der Waals surface area (Å²) in [4.78, 5) is 11.0. The van der Waals surface area contributed by atoms with Crippen molar-refractivity contribution < 1.29 is 9.53 Å². The molecule has 0 aromatic heterocycles. The fourth-order valence-electron chi connectivity index (χ4n) is 1.89. The predicted octanol–water partition coefficient (Wildman–Crippen LogP) is 1.99. The number of rotatable bonds is 5. The topological polar surface area (TPSA) is 90.4 Å². The summed E-state index contributed by atoms with van der Waals surface area (Å²) in [6.07, 6.45) is 0. The Morgan fingerprint density at radius 2 is 1.90 bits per heavy atom. The van der Waals surface area contributed by atoms with Crippen LogP contribution in [0.3, 0.4) is 0 Å². The molecule has 0 bridgehead atoms. The van der Waals surface area contributed by atoms with Crippen LogP contribution in [0.4, 0.5) is 11.4 Å². The van der Waals surface area contributed by atoms with Crippen molar-refractivity contribution in [2.45, 2.75) is 6.54 Å². The molecule has 0 atom stereocenters. The van der Waals surface area contributed by atoms with Crippen LogP contribution in [0.25, 0.3) is 0 Å². The van der Waals surface area contributed by atoms with Crippen molar-refractivity contribution in [3.05, 3.63) is 53.6 Å². The van der Waals surface area contributed by atoms with Crippen molar-refractivity contribution in [1.29, 1.82) is 0 Å². The first-order valence-corrected chi connectivity index (χ1v) is 6.16. The summed E-state index contributed by atoms with van der Waals surface area (Å²) in [6.45, 7) is 0.574. The second kappa shape index (κ2) is 5.97. The monoisotopic (exact) mass is 271 g/mol. The summed E-state index contributed by atoms with van der Waals surface area (Å²) < 4.78 is 5.28. The van der Waals surface area contributed by atoms with Crippen molar-refractivity contribution in [2.24, 2.45) is 5.73 Å². The van der Waals surface area contributed by atoms with Gasteiger partial charge in [-0.1, -0.05) is 0 Å². The number of hydrogen-bond donors (Lipinski definition) is 3. The number of amides is 1. The lowest BCUT2D eigenvalue weighted by Gasteiger charge is -2.11. The van der Waals surface area contributed by atoms with E-state index in [0.717, 1.165) is 17.0 Å². The Hall–Kier alpha value is -2.69. The number of primary amides is 1. The van der Waals surface area contributed by atoms with Crippen molar-refractivity contribution in [3.8, 4) is 5.75 Å². The molecular formula is C15H17N3O2.